The van der Waals surface area contributed by atoms with Crippen LogP contribution in [0.5, 0.6) is 5.75 Å². The summed E-state index contributed by atoms with van der Waals surface area (Å²) in [6, 6.07) is 9.29. The molecular weight excluding hydrogens is 292 g/mol. The fraction of sp³-hybridized carbons (Fsp3) is 0.222. The Labute approximate surface area is 135 Å². The topological polar surface area (TPSA) is 63.8 Å². The molecule has 0 aliphatic rings. The van der Waals surface area contributed by atoms with Gasteiger partial charge >= 0.3 is 5.97 Å². The molecule has 1 N–H and O–H groups in total. The molecule has 5 heteroatoms. The number of carbonyl (C=O) groups is 1. The van der Waals surface area contributed by atoms with Crippen molar-refractivity contribution in [1.29, 1.82) is 0 Å². The Bertz CT molecular complexity index is 795. The number of nitrogens with zero attached hydrogens (tertiary/aromatic N) is 2. The molecule has 3 aromatic heterocycles. The summed E-state index contributed by atoms with van der Waals surface area (Å²) in [5, 5.41) is 9.28. The normalized spacial score (nSPS) is 10.0. The van der Waals surface area contributed by atoms with E-state index in [4.69, 9.17) is 4.74 Å². The smallest absolute Gasteiger partial charge is 0.353 e. The number of carboxylic acid groups (broad SMARTS) is 1. The van der Waals surface area contributed by atoms with Crippen LogP contribution in [0.1, 0.15) is 35.5 Å². The van der Waals surface area contributed by atoms with Gasteiger partial charge in [-0.05, 0) is 36.8 Å². The number of hydrogen-bond donors (Lipinski definition) is 1. The minimum Gasteiger partial charge on any atom is -0.487 e. The Hall–Kier alpha value is -2.82. The summed E-state index contributed by atoms with van der Waals surface area (Å²) in [6.07, 6.45) is 5.14. The van der Waals surface area contributed by atoms with Crippen molar-refractivity contribution in [2.75, 3.05) is 0 Å². The van der Waals surface area contributed by atoms with Crippen molar-refractivity contribution in [2.45, 2.75) is 27.4 Å². The van der Waals surface area contributed by atoms with Gasteiger partial charge < -0.3 is 14.2 Å². The molecule has 0 atom stereocenters. The number of aromatic carboxylic acids is 1. The van der Waals surface area contributed by atoms with Gasteiger partial charge in [0.1, 0.15) is 18.1 Å². The van der Waals surface area contributed by atoms with E-state index in [0.29, 0.717) is 12.4 Å². The zero-order chi connectivity index (χ0) is 16.8. The molecule has 3 rings (SSSR count). The second-order valence-corrected chi connectivity index (χ2v) is 4.79. The molecule has 3 aromatic rings. The van der Waals surface area contributed by atoms with Gasteiger partial charge in [0.15, 0.2) is 0 Å². The van der Waals surface area contributed by atoms with Crippen molar-refractivity contribution < 1.29 is 14.6 Å². The highest BCUT2D eigenvalue weighted by atomic mass is 16.5. The third kappa shape index (κ3) is 3.69. The predicted molar refractivity (Wildman–Crippen MR) is 89.0 cm³/mol. The maximum atomic E-state index is 11.3. The van der Waals surface area contributed by atoms with Gasteiger partial charge in [-0.3, -0.25) is 4.98 Å². The molecule has 0 saturated carbocycles. The standard InChI is InChI=1S/C16H14N2O3.C2H6/c1-11-7-13-4-5-14(9-18(13)15(11)16(19)20)21-10-12-3-2-6-17-8-12;1-2/h2-9H,10H2,1H3,(H,19,20);1-2H3. The van der Waals surface area contributed by atoms with Crippen LogP contribution >= 0.6 is 0 Å². The fourth-order valence-corrected chi connectivity index (χ4v) is 2.29. The number of pyridine rings is 2. The summed E-state index contributed by atoms with van der Waals surface area (Å²) >= 11 is 0. The predicted octanol–water partition coefficient (Wildman–Crippen LogP) is 3.95. The number of carboxylic acids is 1. The maximum absolute atomic E-state index is 11.3. The molecule has 0 radical (unpaired) electrons. The summed E-state index contributed by atoms with van der Waals surface area (Å²) in [5.74, 6) is -0.332. The first-order valence-corrected chi connectivity index (χ1v) is 7.52. The number of aromatic nitrogens is 2. The van der Waals surface area contributed by atoms with E-state index in [1.807, 2.05) is 44.2 Å². The zero-order valence-electron chi connectivity index (χ0n) is 13.5. The van der Waals surface area contributed by atoms with E-state index in [9.17, 15) is 9.90 Å². The second kappa shape index (κ2) is 7.45. The Morgan fingerprint density at radius 1 is 1.30 bits per heavy atom. The zero-order valence-corrected chi connectivity index (χ0v) is 13.5. The van der Waals surface area contributed by atoms with Gasteiger partial charge in [-0.1, -0.05) is 19.9 Å². The Kier molecular flexibility index (Phi) is 5.36. The van der Waals surface area contributed by atoms with E-state index in [1.54, 1.807) is 29.9 Å². The summed E-state index contributed by atoms with van der Waals surface area (Å²) in [7, 11) is 0. The van der Waals surface area contributed by atoms with Crippen molar-refractivity contribution in [3.63, 3.8) is 0 Å². The molecule has 0 aromatic carbocycles. The van der Waals surface area contributed by atoms with E-state index in [1.165, 1.54) is 0 Å². The molecule has 5 nitrogen and oxygen atoms in total. The largest absolute Gasteiger partial charge is 0.487 e. The molecule has 0 aliphatic carbocycles. The van der Waals surface area contributed by atoms with Crippen LogP contribution in [-0.4, -0.2) is 20.5 Å². The molecule has 0 fully saturated rings. The van der Waals surface area contributed by atoms with Crippen LogP contribution < -0.4 is 4.74 Å². The molecular formula is C18H20N2O3. The monoisotopic (exact) mass is 312 g/mol. The number of aryl methyl sites for hydroxylation is 1. The molecule has 0 unspecified atom stereocenters. The minimum atomic E-state index is -0.947. The number of fused-ring (bicyclic) bond motifs is 1. The molecule has 0 spiro atoms. The van der Waals surface area contributed by atoms with Crippen molar-refractivity contribution in [1.82, 2.24) is 9.38 Å². The van der Waals surface area contributed by atoms with Crippen LogP contribution in [0.15, 0.2) is 48.9 Å². The molecule has 0 aliphatic heterocycles. The highest BCUT2D eigenvalue weighted by molar-refractivity contribution is 5.89. The SMILES string of the molecule is CC.Cc1cc2ccc(OCc3cccnc3)cn2c1C(=O)O. The quantitative estimate of drug-likeness (QED) is 0.792. The van der Waals surface area contributed by atoms with Gasteiger partial charge in [-0.2, -0.15) is 0 Å². The molecule has 120 valence electrons. The molecule has 23 heavy (non-hydrogen) atoms. The first kappa shape index (κ1) is 16.5. The van der Waals surface area contributed by atoms with Crippen molar-refractivity contribution in [3.8, 4) is 5.75 Å². The Balaban J connectivity index is 0.000000924. The lowest BCUT2D eigenvalue weighted by Crippen LogP contribution is -2.04. The summed E-state index contributed by atoms with van der Waals surface area (Å²) in [6.45, 7) is 6.18. The number of rotatable bonds is 4. The average molecular weight is 312 g/mol. The lowest BCUT2D eigenvalue weighted by Gasteiger charge is -2.07. The van der Waals surface area contributed by atoms with E-state index in [2.05, 4.69) is 4.98 Å². The van der Waals surface area contributed by atoms with Crippen molar-refractivity contribution in [3.05, 3.63) is 65.7 Å². The Morgan fingerprint density at radius 2 is 2.09 bits per heavy atom. The highest BCUT2D eigenvalue weighted by Gasteiger charge is 2.14. The van der Waals surface area contributed by atoms with Crippen LogP contribution in [0.2, 0.25) is 0 Å². The second-order valence-electron chi connectivity index (χ2n) is 4.79. The number of hydrogen-bond acceptors (Lipinski definition) is 3. The van der Waals surface area contributed by atoms with Crippen LogP contribution in [0.4, 0.5) is 0 Å². The van der Waals surface area contributed by atoms with Crippen LogP contribution in [0.25, 0.3) is 5.52 Å². The van der Waals surface area contributed by atoms with Gasteiger partial charge in [0.2, 0.25) is 0 Å². The van der Waals surface area contributed by atoms with Gasteiger partial charge in [0, 0.05) is 23.5 Å². The van der Waals surface area contributed by atoms with Gasteiger partial charge in [0.05, 0.1) is 6.20 Å². The summed E-state index contributed by atoms with van der Waals surface area (Å²) in [5.41, 5.74) is 2.78. The summed E-state index contributed by atoms with van der Waals surface area (Å²) < 4.78 is 7.33. The first-order chi connectivity index (χ1) is 11.1. The van der Waals surface area contributed by atoms with Crippen LogP contribution in [-0.2, 0) is 6.61 Å². The molecule has 0 bridgehead atoms. The van der Waals surface area contributed by atoms with Gasteiger partial charge in [-0.15, -0.1) is 0 Å². The molecule has 0 amide bonds. The molecule has 3 heterocycles. The van der Waals surface area contributed by atoms with Crippen molar-refractivity contribution in [2.24, 2.45) is 0 Å². The Morgan fingerprint density at radius 3 is 2.74 bits per heavy atom. The lowest BCUT2D eigenvalue weighted by molar-refractivity contribution is 0.0688. The third-order valence-electron chi connectivity index (χ3n) is 3.26. The summed E-state index contributed by atoms with van der Waals surface area (Å²) in [4.78, 5) is 15.3. The molecule has 0 saturated heterocycles. The van der Waals surface area contributed by atoms with Crippen LogP contribution in [0.3, 0.4) is 0 Å². The number of ether oxygens (including phenoxy) is 1. The van der Waals surface area contributed by atoms with Crippen molar-refractivity contribution >= 4 is 11.5 Å². The highest BCUT2D eigenvalue weighted by Crippen LogP contribution is 2.21. The van der Waals surface area contributed by atoms with Gasteiger partial charge in [-0.25, -0.2) is 4.79 Å². The van der Waals surface area contributed by atoms with Crippen LogP contribution in [0, 0.1) is 6.92 Å². The van der Waals surface area contributed by atoms with E-state index in [0.717, 1.165) is 16.6 Å². The maximum Gasteiger partial charge on any atom is 0.353 e. The fourth-order valence-electron chi connectivity index (χ4n) is 2.29. The average Bonchev–Trinajstić information content (AvgIpc) is 2.91. The van der Waals surface area contributed by atoms with Gasteiger partial charge in [0.25, 0.3) is 0 Å². The first-order valence-electron chi connectivity index (χ1n) is 7.52. The van der Waals surface area contributed by atoms with E-state index >= 15 is 0 Å². The van der Waals surface area contributed by atoms with E-state index in [-0.39, 0.29) is 5.69 Å². The lowest BCUT2D eigenvalue weighted by atomic mass is 10.3. The third-order valence-corrected chi connectivity index (χ3v) is 3.26. The van der Waals surface area contributed by atoms with E-state index < -0.39 is 5.97 Å². The minimum absolute atomic E-state index is 0.261.